The first kappa shape index (κ1) is 19.2. The van der Waals surface area contributed by atoms with Gasteiger partial charge in [-0.15, -0.1) is 0 Å². The van der Waals surface area contributed by atoms with Crippen LogP contribution in [0.4, 0.5) is 14.9 Å². The Labute approximate surface area is 170 Å². The molecular weight excluding hydrogens is 367 g/mol. The molecule has 2 amide bonds. The Bertz CT molecular complexity index is 1050. The topological polar surface area (TPSA) is 50.2 Å². The second-order valence-electron chi connectivity index (χ2n) is 7.82. The maximum absolute atomic E-state index is 14.6. The van der Waals surface area contributed by atoms with Gasteiger partial charge in [-0.1, -0.05) is 23.8 Å². The molecule has 0 aliphatic heterocycles. The molecule has 0 saturated heterocycles. The summed E-state index contributed by atoms with van der Waals surface area (Å²) in [5.74, 6) is -0.386. The van der Waals surface area contributed by atoms with E-state index in [1.165, 1.54) is 17.2 Å². The van der Waals surface area contributed by atoms with Gasteiger partial charge in [0, 0.05) is 42.6 Å². The minimum absolute atomic E-state index is 0.193. The molecule has 0 bridgehead atoms. The minimum Gasteiger partial charge on any atom is -0.317 e. The number of hydrogen-bond donors (Lipinski definition) is 1. The van der Waals surface area contributed by atoms with Crippen LogP contribution in [0.3, 0.4) is 0 Å². The third-order valence-electron chi connectivity index (χ3n) is 5.33. The van der Waals surface area contributed by atoms with Crippen molar-refractivity contribution in [2.45, 2.75) is 39.3 Å². The van der Waals surface area contributed by atoms with Crippen molar-refractivity contribution < 1.29 is 9.18 Å². The lowest BCUT2D eigenvalue weighted by molar-refractivity contribution is 0.206. The predicted octanol–water partition coefficient (Wildman–Crippen LogP) is 5.04. The number of urea groups is 1. The zero-order valence-corrected chi connectivity index (χ0v) is 16.9. The molecule has 0 unspecified atom stereocenters. The lowest BCUT2D eigenvalue weighted by Gasteiger charge is -2.24. The molecule has 0 atom stereocenters. The monoisotopic (exact) mass is 392 g/mol. The van der Waals surface area contributed by atoms with Crippen molar-refractivity contribution in [3.8, 4) is 11.1 Å². The highest BCUT2D eigenvalue weighted by Gasteiger charge is 2.33. The van der Waals surface area contributed by atoms with Gasteiger partial charge in [-0.05, 0) is 56.0 Å². The second kappa shape index (κ2) is 7.70. The highest BCUT2D eigenvalue weighted by Crippen LogP contribution is 2.30. The molecule has 1 saturated carbocycles. The fraction of sp³-hybridized carbons (Fsp3) is 0.304. The number of carbonyl (C=O) groups excluding carboxylic acids is 1. The van der Waals surface area contributed by atoms with E-state index in [4.69, 9.17) is 0 Å². The number of anilines is 1. The number of aromatic nitrogens is 2. The zero-order chi connectivity index (χ0) is 20.5. The van der Waals surface area contributed by atoms with Gasteiger partial charge in [-0.25, -0.2) is 9.18 Å². The van der Waals surface area contributed by atoms with E-state index in [-0.39, 0.29) is 17.9 Å². The van der Waals surface area contributed by atoms with E-state index in [1.807, 2.05) is 4.90 Å². The number of nitrogens with zero attached hydrogens (tertiary/aromatic N) is 3. The number of carbonyl (C=O) groups is 1. The number of hydrogen-bond acceptors (Lipinski definition) is 2. The smallest absolute Gasteiger partial charge is 0.317 e. The number of nitrogens with one attached hydrogen (secondary N) is 1. The summed E-state index contributed by atoms with van der Waals surface area (Å²) < 4.78 is 16.2. The fourth-order valence-electron chi connectivity index (χ4n) is 3.49. The molecule has 1 N–H and O–H groups in total. The van der Waals surface area contributed by atoms with Crippen LogP contribution in [-0.4, -0.2) is 26.8 Å². The Morgan fingerprint density at radius 2 is 2.03 bits per heavy atom. The Morgan fingerprint density at radius 1 is 1.24 bits per heavy atom. The SMILES string of the molecule is Cc1ccc(C)c(CN(C(=O)Nc2ccc(-c3cnn(C)c3)c(F)c2)C2CC2)c1. The van der Waals surface area contributed by atoms with E-state index in [2.05, 4.69) is 42.5 Å². The Balaban J connectivity index is 1.51. The van der Waals surface area contributed by atoms with Crippen molar-refractivity contribution in [3.05, 3.63) is 71.3 Å². The molecule has 1 aliphatic rings. The molecule has 1 aromatic heterocycles. The molecule has 150 valence electrons. The normalized spacial score (nSPS) is 13.4. The highest BCUT2D eigenvalue weighted by atomic mass is 19.1. The van der Waals surface area contributed by atoms with Crippen molar-refractivity contribution >= 4 is 11.7 Å². The highest BCUT2D eigenvalue weighted by molar-refractivity contribution is 5.90. The van der Waals surface area contributed by atoms with Crippen LogP contribution in [0.2, 0.25) is 0 Å². The van der Waals surface area contributed by atoms with Gasteiger partial charge in [0.1, 0.15) is 5.82 Å². The van der Waals surface area contributed by atoms with E-state index in [9.17, 15) is 9.18 Å². The van der Waals surface area contributed by atoms with Crippen molar-refractivity contribution in [2.75, 3.05) is 5.32 Å². The molecule has 6 heteroatoms. The molecule has 2 aromatic carbocycles. The molecule has 5 nitrogen and oxygen atoms in total. The van der Waals surface area contributed by atoms with E-state index < -0.39 is 0 Å². The van der Waals surface area contributed by atoms with Crippen molar-refractivity contribution in [1.82, 2.24) is 14.7 Å². The van der Waals surface area contributed by atoms with E-state index in [1.54, 1.807) is 36.3 Å². The lowest BCUT2D eigenvalue weighted by atomic mass is 10.1. The summed E-state index contributed by atoms with van der Waals surface area (Å²) in [5.41, 5.74) is 5.11. The maximum atomic E-state index is 14.6. The summed E-state index contributed by atoms with van der Waals surface area (Å²) in [4.78, 5) is 14.8. The third kappa shape index (κ3) is 4.31. The van der Waals surface area contributed by atoms with E-state index >= 15 is 0 Å². The zero-order valence-electron chi connectivity index (χ0n) is 16.9. The van der Waals surface area contributed by atoms with Crippen LogP contribution in [-0.2, 0) is 13.6 Å². The summed E-state index contributed by atoms with van der Waals surface area (Å²) in [6.07, 6.45) is 5.39. The first-order valence-corrected chi connectivity index (χ1v) is 9.83. The van der Waals surface area contributed by atoms with Gasteiger partial charge < -0.3 is 10.2 Å². The van der Waals surface area contributed by atoms with Crippen LogP contribution in [0.5, 0.6) is 0 Å². The van der Waals surface area contributed by atoms with Gasteiger partial charge in [0.05, 0.1) is 6.20 Å². The largest absolute Gasteiger partial charge is 0.322 e. The van der Waals surface area contributed by atoms with E-state index in [0.29, 0.717) is 23.4 Å². The second-order valence-corrected chi connectivity index (χ2v) is 7.82. The summed E-state index contributed by atoms with van der Waals surface area (Å²) in [6.45, 7) is 4.67. The van der Waals surface area contributed by atoms with Crippen LogP contribution in [0, 0.1) is 19.7 Å². The average Bonchev–Trinajstić information content (AvgIpc) is 3.43. The van der Waals surface area contributed by atoms with Gasteiger partial charge >= 0.3 is 6.03 Å². The third-order valence-corrected chi connectivity index (χ3v) is 5.33. The fourth-order valence-corrected chi connectivity index (χ4v) is 3.49. The number of aryl methyl sites for hydroxylation is 3. The van der Waals surface area contributed by atoms with Crippen molar-refractivity contribution in [2.24, 2.45) is 7.05 Å². The summed E-state index contributed by atoms with van der Waals surface area (Å²) >= 11 is 0. The average molecular weight is 392 g/mol. The lowest BCUT2D eigenvalue weighted by Crippen LogP contribution is -2.36. The van der Waals surface area contributed by atoms with Gasteiger partial charge in [0.2, 0.25) is 0 Å². The number of amides is 2. The molecule has 0 spiro atoms. The quantitative estimate of drug-likeness (QED) is 0.661. The van der Waals surface area contributed by atoms with Gasteiger partial charge in [-0.3, -0.25) is 4.68 Å². The number of rotatable bonds is 5. The maximum Gasteiger partial charge on any atom is 0.322 e. The molecular formula is C23H25FN4O. The summed E-state index contributed by atoms with van der Waals surface area (Å²) in [6, 6.07) is 11.1. The number of halogens is 1. The Kier molecular flexibility index (Phi) is 5.09. The van der Waals surface area contributed by atoms with Crippen LogP contribution in [0.15, 0.2) is 48.8 Å². The van der Waals surface area contributed by atoms with Gasteiger partial charge in [-0.2, -0.15) is 5.10 Å². The van der Waals surface area contributed by atoms with Crippen molar-refractivity contribution in [3.63, 3.8) is 0 Å². The molecule has 1 heterocycles. The Morgan fingerprint density at radius 3 is 2.69 bits per heavy atom. The summed E-state index contributed by atoms with van der Waals surface area (Å²) in [5, 5.41) is 6.95. The first-order chi connectivity index (χ1) is 13.9. The first-order valence-electron chi connectivity index (χ1n) is 9.83. The van der Waals surface area contributed by atoms with Crippen molar-refractivity contribution in [1.29, 1.82) is 0 Å². The molecule has 0 radical (unpaired) electrons. The van der Waals surface area contributed by atoms with Gasteiger partial charge in [0.15, 0.2) is 0 Å². The number of benzene rings is 2. The minimum atomic E-state index is -0.386. The molecule has 4 rings (SSSR count). The Hall–Kier alpha value is -3.15. The molecule has 29 heavy (non-hydrogen) atoms. The van der Waals surface area contributed by atoms with E-state index in [0.717, 1.165) is 18.4 Å². The molecule has 3 aromatic rings. The standard InChI is InChI=1S/C23H25FN4O/c1-15-4-5-16(2)17(10-15)14-28(20-7-8-20)23(29)26-19-6-9-21(22(24)11-19)18-12-25-27(3)13-18/h4-6,9-13,20H,7-8,14H2,1-3H3,(H,26,29). The van der Waals surface area contributed by atoms with Crippen LogP contribution < -0.4 is 5.32 Å². The van der Waals surface area contributed by atoms with Crippen LogP contribution >= 0.6 is 0 Å². The summed E-state index contributed by atoms with van der Waals surface area (Å²) in [7, 11) is 1.79. The molecule has 1 fully saturated rings. The molecule has 1 aliphatic carbocycles. The van der Waals surface area contributed by atoms with Crippen LogP contribution in [0.1, 0.15) is 29.5 Å². The van der Waals surface area contributed by atoms with Gasteiger partial charge in [0.25, 0.3) is 0 Å². The van der Waals surface area contributed by atoms with Crippen LogP contribution in [0.25, 0.3) is 11.1 Å². The predicted molar refractivity (Wildman–Crippen MR) is 112 cm³/mol.